The normalized spacial score (nSPS) is 10.2. The van der Waals surface area contributed by atoms with Gasteiger partial charge in [0, 0.05) is 11.1 Å². The molecular weight excluding hydrogens is 314 g/mol. The maximum absolute atomic E-state index is 13.4. The molecule has 2 aromatic carbocycles. The summed E-state index contributed by atoms with van der Waals surface area (Å²) in [7, 11) is 1.48. The van der Waals surface area contributed by atoms with E-state index < -0.39 is 17.5 Å². The monoisotopic (exact) mass is 326 g/mol. The average Bonchev–Trinajstić information content (AvgIpc) is 2.49. The first-order chi connectivity index (χ1) is 10.5. The first-order valence-corrected chi connectivity index (χ1v) is 6.69. The zero-order valence-corrected chi connectivity index (χ0v) is 12.4. The van der Waals surface area contributed by atoms with Gasteiger partial charge in [0.25, 0.3) is 0 Å². The molecule has 1 amide bonds. The number of anilines is 2. The number of carbonyl (C=O) groups is 1. The Balaban J connectivity index is 2.01. The second-order valence-corrected chi connectivity index (χ2v) is 4.81. The molecule has 0 saturated heterocycles. The van der Waals surface area contributed by atoms with E-state index in [1.807, 2.05) is 0 Å². The van der Waals surface area contributed by atoms with Crippen molar-refractivity contribution in [3.05, 3.63) is 53.1 Å². The molecule has 2 rings (SSSR count). The van der Waals surface area contributed by atoms with E-state index in [1.54, 1.807) is 18.2 Å². The number of benzene rings is 2. The van der Waals surface area contributed by atoms with Crippen molar-refractivity contribution in [3.8, 4) is 5.75 Å². The summed E-state index contributed by atoms with van der Waals surface area (Å²) in [6, 6.07) is 7.71. The second kappa shape index (κ2) is 7.09. The SMILES string of the molecule is COc1ccc(Cl)cc1NCC(=O)Nc1cc(F)ccc1F. The lowest BCUT2D eigenvalue weighted by Gasteiger charge is -2.12. The van der Waals surface area contributed by atoms with Gasteiger partial charge < -0.3 is 15.4 Å². The summed E-state index contributed by atoms with van der Waals surface area (Å²) in [5, 5.41) is 5.58. The molecule has 22 heavy (non-hydrogen) atoms. The Kier molecular flexibility index (Phi) is 5.16. The van der Waals surface area contributed by atoms with E-state index >= 15 is 0 Å². The molecule has 0 bridgehead atoms. The van der Waals surface area contributed by atoms with Crippen molar-refractivity contribution in [3.63, 3.8) is 0 Å². The number of hydrogen-bond donors (Lipinski definition) is 2. The van der Waals surface area contributed by atoms with Crippen molar-refractivity contribution >= 4 is 28.9 Å². The Morgan fingerprint density at radius 1 is 1.18 bits per heavy atom. The number of rotatable bonds is 5. The van der Waals surface area contributed by atoms with Crippen molar-refractivity contribution in [2.45, 2.75) is 0 Å². The maximum atomic E-state index is 13.4. The van der Waals surface area contributed by atoms with Crippen LogP contribution in [0.15, 0.2) is 36.4 Å². The van der Waals surface area contributed by atoms with Gasteiger partial charge in [0.2, 0.25) is 5.91 Å². The zero-order valence-electron chi connectivity index (χ0n) is 11.6. The summed E-state index contributed by atoms with van der Waals surface area (Å²) in [5.41, 5.74) is 0.301. The Labute approximate surface area is 131 Å². The van der Waals surface area contributed by atoms with Crippen LogP contribution in [-0.4, -0.2) is 19.6 Å². The van der Waals surface area contributed by atoms with Crippen molar-refractivity contribution in [1.29, 1.82) is 0 Å². The van der Waals surface area contributed by atoms with Crippen molar-refractivity contribution < 1.29 is 18.3 Å². The summed E-state index contributed by atoms with van der Waals surface area (Å²) in [6.07, 6.45) is 0. The molecule has 0 unspecified atom stereocenters. The van der Waals surface area contributed by atoms with Gasteiger partial charge in [-0.05, 0) is 30.3 Å². The molecule has 0 atom stereocenters. The molecule has 2 N–H and O–H groups in total. The third kappa shape index (κ3) is 4.08. The number of methoxy groups -OCH3 is 1. The highest BCUT2D eigenvalue weighted by Gasteiger charge is 2.10. The lowest BCUT2D eigenvalue weighted by atomic mass is 10.2. The number of carbonyl (C=O) groups excluding carboxylic acids is 1. The van der Waals surface area contributed by atoms with Gasteiger partial charge in [0.05, 0.1) is 25.0 Å². The molecule has 0 aliphatic carbocycles. The van der Waals surface area contributed by atoms with Gasteiger partial charge >= 0.3 is 0 Å². The van der Waals surface area contributed by atoms with E-state index in [2.05, 4.69) is 10.6 Å². The molecule has 0 aromatic heterocycles. The highest BCUT2D eigenvalue weighted by molar-refractivity contribution is 6.30. The molecule has 116 valence electrons. The predicted molar refractivity (Wildman–Crippen MR) is 81.5 cm³/mol. The predicted octanol–water partition coefficient (Wildman–Crippen LogP) is 3.68. The number of ether oxygens (including phenoxy) is 1. The van der Waals surface area contributed by atoms with Gasteiger partial charge in [-0.25, -0.2) is 8.78 Å². The molecule has 7 heteroatoms. The highest BCUT2D eigenvalue weighted by Crippen LogP contribution is 2.27. The van der Waals surface area contributed by atoms with Gasteiger partial charge in [-0.2, -0.15) is 0 Å². The van der Waals surface area contributed by atoms with Crippen LogP contribution >= 0.6 is 11.6 Å². The number of nitrogens with one attached hydrogen (secondary N) is 2. The van der Waals surface area contributed by atoms with Crippen LogP contribution in [0.3, 0.4) is 0 Å². The van der Waals surface area contributed by atoms with E-state index in [1.165, 1.54) is 7.11 Å². The standard InChI is InChI=1S/C15H13ClF2N2O2/c1-22-14-5-2-9(16)6-13(14)19-8-15(21)20-12-7-10(17)3-4-11(12)18/h2-7,19H,8H2,1H3,(H,20,21). The third-order valence-electron chi connectivity index (χ3n) is 2.80. The van der Waals surface area contributed by atoms with E-state index in [-0.39, 0.29) is 12.2 Å². The minimum absolute atomic E-state index is 0.160. The summed E-state index contributed by atoms with van der Waals surface area (Å²) < 4.78 is 31.6. The fraction of sp³-hybridized carbons (Fsp3) is 0.133. The van der Waals surface area contributed by atoms with Crippen LogP contribution in [0.1, 0.15) is 0 Å². The molecular formula is C15H13ClF2N2O2. The first kappa shape index (κ1) is 16.0. The van der Waals surface area contributed by atoms with E-state index in [4.69, 9.17) is 16.3 Å². The van der Waals surface area contributed by atoms with Gasteiger partial charge in [0.15, 0.2) is 0 Å². The molecule has 0 aliphatic heterocycles. The molecule has 0 saturated carbocycles. The molecule has 0 aliphatic rings. The Morgan fingerprint density at radius 2 is 1.95 bits per heavy atom. The van der Waals surface area contributed by atoms with Crippen LogP contribution in [0.25, 0.3) is 0 Å². The Hall–Kier alpha value is -2.34. The van der Waals surface area contributed by atoms with Crippen LogP contribution < -0.4 is 15.4 Å². The molecule has 0 spiro atoms. The largest absolute Gasteiger partial charge is 0.495 e. The number of hydrogen-bond acceptors (Lipinski definition) is 3. The van der Waals surface area contributed by atoms with Crippen molar-refractivity contribution in [2.24, 2.45) is 0 Å². The Bertz CT molecular complexity index is 695. The summed E-state index contributed by atoms with van der Waals surface area (Å²) in [6.45, 7) is -0.160. The quantitative estimate of drug-likeness (QED) is 0.881. The van der Waals surface area contributed by atoms with Gasteiger partial charge in [0.1, 0.15) is 17.4 Å². The molecule has 0 fully saturated rings. The number of halogens is 3. The molecule has 4 nitrogen and oxygen atoms in total. The fourth-order valence-corrected chi connectivity index (χ4v) is 1.95. The van der Waals surface area contributed by atoms with Crippen LogP contribution in [0.2, 0.25) is 5.02 Å². The second-order valence-electron chi connectivity index (χ2n) is 4.37. The van der Waals surface area contributed by atoms with Crippen LogP contribution in [-0.2, 0) is 4.79 Å². The maximum Gasteiger partial charge on any atom is 0.243 e. The summed E-state index contributed by atoms with van der Waals surface area (Å²) in [5.74, 6) is -1.38. The van der Waals surface area contributed by atoms with Gasteiger partial charge in [-0.1, -0.05) is 11.6 Å². The minimum atomic E-state index is -0.713. The van der Waals surface area contributed by atoms with E-state index in [9.17, 15) is 13.6 Å². The van der Waals surface area contributed by atoms with Crippen molar-refractivity contribution in [2.75, 3.05) is 24.3 Å². The van der Waals surface area contributed by atoms with E-state index in [0.29, 0.717) is 16.5 Å². The van der Waals surface area contributed by atoms with E-state index in [0.717, 1.165) is 18.2 Å². The molecule has 0 radical (unpaired) electrons. The highest BCUT2D eigenvalue weighted by atomic mass is 35.5. The number of amides is 1. The lowest BCUT2D eigenvalue weighted by molar-refractivity contribution is -0.114. The topological polar surface area (TPSA) is 50.4 Å². The lowest BCUT2D eigenvalue weighted by Crippen LogP contribution is -2.22. The molecule has 0 heterocycles. The zero-order chi connectivity index (χ0) is 16.1. The Morgan fingerprint density at radius 3 is 2.68 bits per heavy atom. The van der Waals surface area contributed by atoms with Gasteiger partial charge in [-0.15, -0.1) is 0 Å². The smallest absolute Gasteiger partial charge is 0.243 e. The minimum Gasteiger partial charge on any atom is -0.495 e. The summed E-state index contributed by atoms with van der Waals surface area (Å²) in [4.78, 5) is 11.8. The third-order valence-corrected chi connectivity index (χ3v) is 3.04. The fourth-order valence-electron chi connectivity index (χ4n) is 1.78. The summed E-state index contributed by atoms with van der Waals surface area (Å²) >= 11 is 5.87. The first-order valence-electron chi connectivity index (χ1n) is 6.32. The van der Waals surface area contributed by atoms with Gasteiger partial charge in [-0.3, -0.25) is 4.79 Å². The average molecular weight is 327 g/mol. The van der Waals surface area contributed by atoms with Crippen molar-refractivity contribution in [1.82, 2.24) is 0 Å². The molecule has 2 aromatic rings. The van der Waals surface area contributed by atoms with Crippen LogP contribution in [0.5, 0.6) is 5.75 Å². The van der Waals surface area contributed by atoms with Crippen LogP contribution in [0, 0.1) is 11.6 Å². The van der Waals surface area contributed by atoms with Crippen LogP contribution in [0.4, 0.5) is 20.2 Å².